The fourth-order valence-electron chi connectivity index (χ4n) is 2.70. The third-order valence-corrected chi connectivity index (χ3v) is 7.90. The Kier molecular flexibility index (Phi) is 6.18. The molecule has 1 aromatic heterocycles. The number of thiophene rings is 1. The minimum atomic E-state index is -3.57. The van der Waals surface area contributed by atoms with Crippen LogP contribution in [-0.4, -0.2) is 18.2 Å². The van der Waals surface area contributed by atoms with Crippen molar-refractivity contribution in [1.82, 2.24) is 0 Å². The van der Waals surface area contributed by atoms with Crippen molar-refractivity contribution in [3.8, 4) is 10.4 Å². The van der Waals surface area contributed by atoms with Gasteiger partial charge < -0.3 is 14.7 Å². The predicted octanol–water partition coefficient (Wildman–Crippen LogP) is 6.31. The van der Waals surface area contributed by atoms with Gasteiger partial charge in [0.15, 0.2) is 0 Å². The van der Waals surface area contributed by atoms with Crippen LogP contribution in [0.1, 0.15) is 15.2 Å². The molecule has 0 aliphatic carbocycles. The number of carboxylic acids is 1. The molecule has 1 heterocycles. The van der Waals surface area contributed by atoms with Crippen molar-refractivity contribution in [2.75, 3.05) is 12.2 Å². The summed E-state index contributed by atoms with van der Waals surface area (Å²) in [4.78, 5) is 12.5. The summed E-state index contributed by atoms with van der Waals surface area (Å²) in [6, 6.07) is 13.6. The molecule has 0 amide bonds. The van der Waals surface area contributed by atoms with Crippen LogP contribution in [0.5, 0.6) is 0 Å². The van der Waals surface area contributed by atoms with Crippen LogP contribution in [0.2, 0.25) is 10.0 Å². The molecule has 0 fully saturated rings. The molecule has 28 heavy (non-hydrogen) atoms. The fourth-order valence-corrected chi connectivity index (χ4v) is 5.79. The number of benzene rings is 2. The Balaban J connectivity index is 2.05. The Morgan fingerprint density at radius 3 is 2.32 bits per heavy atom. The summed E-state index contributed by atoms with van der Waals surface area (Å²) < 4.78 is 18.8. The molecule has 0 saturated heterocycles. The second-order valence-corrected chi connectivity index (χ2v) is 10.0. The highest BCUT2D eigenvalue weighted by Gasteiger charge is 2.30. The van der Waals surface area contributed by atoms with Crippen LogP contribution < -0.4 is 10.4 Å². The number of anilines is 1. The highest BCUT2D eigenvalue weighted by atomic mass is 35.5. The summed E-state index contributed by atoms with van der Waals surface area (Å²) in [5.41, 5.74) is 1.71. The molecule has 2 N–H and O–H groups in total. The Bertz CT molecular complexity index is 1080. The van der Waals surface area contributed by atoms with Crippen LogP contribution >= 0.6 is 42.1 Å². The lowest BCUT2D eigenvalue weighted by Crippen LogP contribution is -2.16. The van der Waals surface area contributed by atoms with Crippen LogP contribution in [0, 0.1) is 6.92 Å². The van der Waals surface area contributed by atoms with E-state index in [1.807, 2.05) is 0 Å². The summed E-state index contributed by atoms with van der Waals surface area (Å²) in [5, 5.41) is 13.9. The van der Waals surface area contributed by atoms with E-state index >= 15 is 0 Å². The summed E-state index contributed by atoms with van der Waals surface area (Å²) in [6.07, 6.45) is 0. The van der Waals surface area contributed by atoms with Crippen LogP contribution in [0.15, 0.2) is 48.5 Å². The monoisotopic (exact) mass is 455 g/mol. The number of aromatic carboxylic acids is 1. The Hall–Kier alpha value is -1.82. The number of carbonyl (C=O) groups is 1. The molecule has 0 aliphatic heterocycles. The summed E-state index contributed by atoms with van der Waals surface area (Å²) in [5.74, 6) is -1.12. The van der Waals surface area contributed by atoms with E-state index in [0.29, 0.717) is 25.8 Å². The van der Waals surface area contributed by atoms with E-state index in [0.717, 1.165) is 16.9 Å². The van der Waals surface area contributed by atoms with Crippen molar-refractivity contribution >= 4 is 59.0 Å². The first-order valence-corrected chi connectivity index (χ1v) is 11.3. The number of nitrogens with one attached hydrogen (secondary N) is 1. The molecule has 3 aromatic rings. The number of carboxylic acid groups (broad SMARTS) is 1. The van der Waals surface area contributed by atoms with Gasteiger partial charge in [-0.2, -0.15) is 0 Å². The molecule has 0 radical (unpaired) electrons. The van der Waals surface area contributed by atoms with Gasteiger partial charge in [0, 0.05) is 22.0 Å². The topological polar surface area (TPSA) is 75.6 Å². The van der Waals surface area contributed by atoms with Crippen LogP contribution in [0.3, 0.4) is 0 Å². The van der Waals surface area contributed by atoms with Gasteiger partial charge in [-0.3, -0.25) is 4.57 Å². The molecular weight excluding hydrogens is 440 g/mol. The van der Waals surface area contributed by atoms with Crippen molar-refractivity contribution in [2.24, 2.45) is 0 Å². The zero-order valence-corrected chi connectivity index (χ0v) is 18.1. The standard InChI is InChI=1S/C19H16Cl2NO4PS/c1-11-9-14(21)7-8-16(11)27(25,26-2)22-15-10-17(28-18(15)19(23)24)12-3-5-13(20)6-4-12/h3-10H,1-2H3,(H,22,25)(H,23,24). The number of halogens is 2. The molecule has 1 unspecified atom stereocenters. The molecule has 9 heteroatoms. The molecule has 146 valence electrons. The zero-order valence-electron chi connectivity index (χ0n) is 14.9. The van der Waals surface area contributed by atoms with E-state index in [2.05, 4.69) is 5.09 Å². The largest absolute Gasteiger partial charge is 0.477 e. The van der Waals surface area contributed by atoms with Gasteiger partial charge in [0.1, 0.15) is 4.88 Å². The van der Waals surface area contributed by atoms with Crippen LogP contribution in [0.4, 0.5) is 5.69 Å². The SMILES string of the molecule is COP(=O)(Nc1cc(-c2ccc(Cl)cc2)sc1C(=O)O)c1ccc(Cl)cc1C. The second kappa shape index (κ2) is 8.27. The summed E-state index contributed by atoms with van der Waals surface area (Å²) >= 11 is 13.0. The third kappa shape index (κ3) is 4.27. The average molecular weight is 456 g/mol. The van der Waals surface area contributed by atoms with Crippen molar-refractivity contribution in [3.63, 3.8) is 0 Å². The molecule has 2 aromatic carbocycles. The highest BCUT2D eigenvalue weighted by molar-refractivity contribution is 7.68. The highest BCUT2D eigenvalue weighted by Crippen LogP contribution is 2.48. The van der Waals surface area contributed by atoms with Crippen molar-refractivity contribution in [1.29, 1.82) is 0 Å². The Morgan fingerprint density at radius 1 is 1.11 bits per heavy atom. The maximum atomic E-state index is 13.5. The molecule has 3 rings (SSSR count). The number of hydrogen-bond acceptors (Lipinski definition) is 4. The average Bonchev–Trinajstić information content (AvgIpc) is 3.06. The van der Waals surface area contributed by atoms with E-state index in [1.165, 1.54) is 7.11 Å². The van der Waals surface area contributed by atoms with Gasteiger partial charge >= 0.3 is 13.5 Å². The lowest BCUT2D eigenvalue weighted by molar-refractivity contribution is 0.0703. The maximum absolute atomic E-state index is 13.5. The van der Waals surface area contributed by atoms with Gasteiger partial charge in [-0.15, -0.1) is 11.3 Å². The van der Waals surface area contributed by atoms with Gasteiger partial charge in [0.05, 0.1) is 11.0 Å². The minimum Gasteiger partial charge on any atom is -0.477 e. The molecule has 5 nitrogen and oxygen atoms in total. The molecule has 0 saturated carbocycles. The fraction of sp³-hybridized carbons (Fsp3) is 0.105. The predicted molar refractivity (Wildman–Crippen MR) is 116 cm³/mol. The second-order valence-electron chi connectivity index (χ2n) is 5.94. The molecule has 0 bridgehead atoms. The maximum Gasteiger partial charge on any atom is 0.348 e. The summed E-state index contributed by atoms with van der Waals surface area (Å²) in [6.45, 7) is 1.76. The minimum absolute atomic E-state index is 0.0360. The molecule has 1 atom stereocenters. The van der Waals surface area contributed by atoms with Crippen LogP contribution in [-0.2, 0) is 9.09 Å². The van der Waals surface area contributed by atoms with Gasteiger partial charge in [0.2, 0.25) is 0 Å². The quantitative estimate of drug-likeness (QED) is 0.426. The zero-order chi connectivity index (χ0) is 20.5. The molecule has 0 aliphatic rings. The molecule has 0 spiro atoms. The van der Waals surface area contributed by atoms with E-state index in [9.17, 15) is 14.5 Å². The van der Waals surface area contributed by atoms with E-state index in [4.69, 9.17) is 27.7 Å². The number of rotatable bonds is 6. The molecular formula is C19H16Cl2NO4PS. The van der Waals surface area contributed by atoms with Crippen molar-refractivity contribution < 1.29 is 19.0 Å². The lowest BCUT2D eigenvalue weighted by Gasteiger charge is -2.20. The summed E-state index contributed by atoms with van der Waals surface area (Å²) in [7, 11) is -2.26. The number of aryl methyl sites for hydroxylation is 1. The van der Waals surface area contributed by atoms with Crippen molar-refractivity contribution in [2.45, 2.75) is 6.92 Å². The van der Waals surface area contributed by atoms with Gasteiger partial charge in [-0.1, -0.05) is 35.3 Å². The van der Waals surface area contributed by atoms with E-state index in [-0.39, 0.29) is 10.6 Å². The van der Waals surface area contributed by atoms with E-state index < -0.39 is 13.5 Å². The van der Waals surface area contributed by atoms with Crippen molar-refractivity contribution in [3.05, 3.63) is 69.0 Å². The first-order chi connectivity index (χ1) is 13.2. The van der Waals surface area contributed by atoms with Gasteiger partial charge in [0.25, 0.3) is 0 Å². The van der Waals surface area contributed by atoms with Gasteiger partial charge in [-0.25, -0.2) is 4.79 Å². The van der Waals surface area contributed by atoms with Crippen LogP contribution in [0.25, 0.3) is 10.4 Å². The lowest BCUT2D eigenvalue weighted by atomic mass is 10.2. The Labute approximate surface area is 176 Å². The smallest absolute Gasteiger partial charge is 0.348 e. The number of hydrogen-bond donors (Lipinski definition) is 2. The van der Waals surface area contributed by atoms with Gasteiger partial charge in [-0.05, 0) is 54.4 Å². The third-order valence-electron chi connectivity index (χ3n) is 4.06. The Morgan fingerprint density at radius 2 is 1.75 bits per heavy atom. The first-order valence-electron chi connectivity index (χ1n) is 8.07. The van der Waals surface area contributed by atoms with E-state index in [1.54, 1.807) is 55.5 Å². The normalized spacial score (nSPS) is 13.1. The first kappa shape index (κ1) is 20.9.